The van der Waals surface area contributed by atoms with Crippen molar-refractivity contribution in [2.45, 2.75) is 22.2 Å². The van der Waals surface area contributed by atoms with Gasteiger partial charge in [-0.25, -0.2) is 26.0 Å². The van der Waals surface area contributed by atoms with E-state index in [2.05, 4.69) is 4.85 Å². The van der Waals surface area contributed by atoms with Crippen LogP contribution in [0.1, 0.15) is 5.56 Å². The fourth-order valence-electron chi connectivity index (χ4n) is 3.28. The highest BCUT2D eigenvalue weighted by atomic mass is 32.2. The summed E-state index contributed by atoms with van der Waals surface area (Å²) in [6.07, 6.45) is 1.03. The molecule has 12 heteroatoms. The van der Waals surface area contributed by atoms with E-state index in [1.807, 2.05) is 0 Å². The molecule has 180 valence electrons. The Balaban J connectivity index is 1.91. The molecule has 35 heavy (non-hydrogen) atoms. The number of ether oxygens (including phenoxy) is 1. The third kappa shape index (κ3) is 4.82. The van der Waals surface area contributed by atoms with Gasteiger partial charge in [-0.15, -0.1) is 0 Å². The Labute approximate surface area is 200 Å². The summed E-state index contributed by atoms with van der Waals surface area (Å²) in [6, 6.07) is 10.4. The van der Waals surface area contributed by atoms with Crippen LogP contribution in [0, 0.1) is 25.1 Å². The van der Waals surface area contributed by atoms with Gasteiger partial charge in [0.2, 0.25) is 5.69 Å². The fraction of sp³-hybridized carbons (Fsp3) is 0.0870. The maximum atomic E-state index is 15.2. The highest BCUT2D eigenvalue weighted by Crippen LogP contribution is 2.48. The quantitative estimate of drug-likeness (QED) is 0.155. The van der Waals surface area contributed by atoms with Crippen LogP contribution in [-0.2, 0) is 10.0 Å². The molecule has 0 amide bonds. The second-order valence-electron chi connectivity index (χ2n) is 7.25. The van der Waals surface area contributed by atoms with E-state index < -0.39 is 55.3 Å². The first-order valence-corrected chi connectivity index (χ1v) is 11.9. The summed E-state index contributed by atoms with van der Waals surface area (Å²) in [4.78, 5) is 2.08. The molecule has 1 heterocycles. The van der Waals surface area contributed by atoms with E-state index in [9.17, 15) is 26.0 Å². The minimum absolute atomic E-state index is 0.135. The van der Waals surface area contributed by atoms with E-state index in [0.717, 1.165) is 42.1 Å². The summed E-state index contributed by atoms with van der Waals surface area (Å²) in [5.74, 6) is -3.28. The molecule has 0 bridgehead atoms. The summed E-state index contributed by atoms with van der Waals surface area (Å²) >= 11 is -0.683. The highest BCUT2D eigenvalue weighted by molar-refractivity contribution is 8.00. The first kappa shape index (κ1) is 24.6. The van der Waals surface area contributed by atoms with Crippen LogP contribution in [0.15, 0.2) is 70.6 Å². The molecule has 4 rings (SSSR count). The van der Waals surface area contributed by atoms with Crippen LogP contribution < -0.4 is 4.74 Å². The molecular formula is C23H13F5N2O3S2. The van der Waals surface area contributed by atoms with Gasteiger partial charge in [0, 0.05) is 17.6 Å². The molecule has 0 aliphatic rings. The lowest BCUT2D eigenvalue weighted by Crippen LogP contribution is -2.12. The number of thioether (sulfide) groups is 1. The van der Waals surface area contributed by atoms with Crippen molar-refractivity contribution in [2.24, 2.45) is 0 Å². The lowest BCUT2D eigenvalue weighted by Gasteiger charge is -2.16. The zero-order valence-corrected chi connectivity index (χ0v) is 19.2. The van der Waals surface area contributed by atoms with Gasteiger partial charge in [0.25, 0.3) is 10.0 Å². The van der Waals surface area contributed by atoms with E-state index >= 15 is 4.39 Å². The number of alkyl halides is 3. The molecule has 0 saturated carbocycles. The molecular weight excluding hydrogens is 511 g/mol. The van der Waals surface area contributed by atoms with E-state index in [1.54, 1.807) is 19.1 Å². The Kier molecular flexibility index (Phi) is 6.25. The van der Waals surface area contributed by atoms with Gasteiger partial charge in [-0.2, -0.15) is 13.2 Å². The molecule has 1 aromatic heterocycles. The summed E-state index contributed by atoms with van der Waals surface area (Å²) in [5, 5.41) is -0.230. The van der Waals surface area contributed by atoms with Crippen LogP contribution in [-0.4, -0.2) is 17.9 Å². The van der Waals surface area contributed by atoms with Crippen LogP contribution in [0.2, 0.25) is 0 Å². The third-order valence-electron chi connectivity index (χ3n) is 4.87. The second-order valence-corrected chi connectivity index (χ2v) is 10.1. The normalized spacial score (nSPS) is 12.0. The Morgan fingerprint density at radius 2 is 1.69 bits per heavy atom. The molecule has 0 saturated heterocycles. The minimum atomic E-state index is -4.87. The first-order chi connectivity index (χ1) is 16.4. The van der Waals surface area contributed by atoms with Crippen molar-refractivity contribution in [3.05, 3.63) is 89.4 Å². The zero-order chi connectivity index (χ0) is 25.5. The van der Waals surface area contributed by atoms with Gasteiger partial charge >= 0.3 is 5.51 Å². The zero-order valence-electron chi connectivity index (χ0n) is 17.6. The minimum Gasteiger partial charge on any atom is -0.454 e. The predicted octanol–water partition coefficient (Wildman–Crippen LogP) is 7.42. The number of aromatic nitrogens is 1. The first-order valence-electron chi connectivity index (χ1n) is 9.67. The average Bonchev–Trinajstić information content (AvgIpc) is 3.21. The molecule has 4 aromatic rings. The van der Waals surface area contributed by atoms with E-state index in [0.29, 0.717) is 3.97 Å². The SMILES string of the molecule is [C-]#[N+]c1cc(Oc2c(F)cc3c(ccn3S(=O)(=O)c3ccc(C)cc3)c2SC(F)(F)F)ccc1F. The number of nitrogens with zero attached hydrogens (tertiary/aromatic N) is 2. The van der Waals surface area contributed by atoms with Gasteiger partial charge in [-0.3, -0.25) is 0 Å². The second kappa shape index (κ2) is 8.90. The van der Waals surface area contributed by atoms with E-state index in [1.165, 1.54) is 12.1 Å². The lowest BCUT2D eigenvalue weighted by molar-refractivity contribution is -0.0328. The van der Waals surface area contributed by atoms with Gasteiger partial charge in [-0.1, -0.05) is 17.7 Å². The molecule has 0 aliphatic heterocycles. The molecule has 0 unspecified atom stereocenters. The number of rotatable bonds is 5. The van der Waals surface area contributed by atoms with Gasteiger partial charge in [0.05, 0.1) is 21.9 Å². The maximum Gasteiger partial charge on any atom is 0.446 e. The van der Waals surface area contributed by atoms with Crippen molar-refractivity contribution < 1.29 is 35.1 Å². The van der Waals surface area contributed by atoms with Gasteiger partial charge in [0.1, 0.15) is 11.6 Å². The summed E-state index contributed by atoms with van der Waals surface area (Å²) in [7, 11) is -4.26. The number of benzene rings is 3. The molecule has 5 nitrogen and oxygen atoms in total. The van der Waals surface area contributed by atoms with Crippen molar-refractivity contribution in [1.29, 1.82) is 0 Å². The molecule has 0 spiro atoms. The summed E-state index contributed by atoms with van der Waals surface area (Å²) in [5.41, 5.74) is -4.88. The number of fused-ring (bicyclic) bond motifs is 1. The Morgan fingerprint density at radius 1 is 1.00 bits per heavy atom. The largest absolute Gasteiger partial charge is 0.454 e. The third-order valence-corrected chi connectivity index (χ3v) is 7.42. The van der Waals surface area contributed by atoms with Gasteiger partial charge < -0.3 is 4.74 Å². The number of halogens is 5. The van der Waals surface area contributed by atoms with Gasteiger partial charge in [-0.05, 0) is 55.1 Å². The van der Waals surface area contributed by atoms with Crippen molar-refractivity contribution in [3.63, 3.8) is 0 Å². The van der Waals surface area contributed by atoms with Crippen LogP contribution in [0.5, 0.6) is 11.5 Å². The maximum absolute atomic E-state index is 15.2. The molecule has 0 radical (unpaired) electrons. The van der Waals surface area contributed by atoms with Crippen LogP contribution >= 0.6 is 11.8 Å². The monoisotopic (exact) mass is 524 g/mol. The van der Waals surface area contributed by atoms with Gasteiger partial charge in [0.15, 0.2) is 11.6 Å². The Hall–Kier alpha value is -3.56. The topological polar surface area (TPSA) is 52.7 Å². The molecule has 0 N–H and O–H groups in total. The van der Waals surface area contributed by atoms with E-state index in [-0.39, 0.29) is 21.5 Å². The van der Waals surface area contributed by atoms with Crippen molar-refractivity contribution in [1.82, 2.24) is 3.97 Å². The predicted molar refractivity (Wildman–Crippen MR) is 120 cm³/mol. The molecule has 3 aromatic carbocycles. The number of hydrogen-bond donors (Lipinski definition) is 0. The summed E-state index contributed by atoms with van der Waals surface area (Å²) < 4.78 is 101. The van der Waals surface area contributed by atoms with Crippen molar-refractivity contribution in [2.75, 3.05) is 0 Å². The lowest BCUT2D eigenvalue weighted by atomic mass is 10.2. The molecule has 0 atom stereocenters. The van der Waals surface area contributed by atoms with Crippen molar-refractivity contribution >= 4 is 38.4 Å². The highest BCUT2D eigenvalue weighted by Gasteiger charge is 2.34. The molecule has 0 fully saturated rings. The number of aryl methyl sites for hydroxylation is 1. The van der Waals surface area contributed by atoms with E-state index in [4.69, 9.17) is 11.3 Å². The standard InChI is InChI=1S/C23H13F5N2O3S2/c1-13-3-6-15(7-4-13)35(31,32)30-10-9-16-20(30)12-18(25)21(22(16)34-23(26,27)28)33-14-5-8-17(24)19(11-14)29-2/h3-12H,1H3. The Bertz CT molecular complexity index is 1590. The smallest absolute Gasteiger partial charge is 0.446 e. The molecule has 0 aliphatic carbocycles. The average molecular weight is 524 g/mol. The van der Waals surface area contributed by atoms with Crippen molar-refractivity contribution in [3.8, 4) is 11.5 Å². The van der Waals surface area contributed by atoms with Crippen LogP contribution in [0.3, 0.4) is 0 Å². The Morgan fingerprint density at radius 3 is 2.31 bits per heavy atom. The van der Waals surface area contributed by atoms with Crippen LogP contribution in [0.25, 0.3) is 15.7 Å². The fourth-order valence-corrected chi connectivity index (χ4v) is 5.37. The summed E-state index contributed by atoms with van der Waals surface area (Å²) in [6.45, 7) is 8.71. The van der Waals surface area contributed by atoms with Crippen LogP contribution in [0.4, 0.5) is 27.6 Å². The number of hydrogen-bond acceptors (Lipinski definition) is 4.